The molecule has 146 valence electrons. The number of hydrogen-bond donors (Lipinski definition) is 1. The Morgan fingerprint density at radius 1 is 1.30 bits per heavy atom. The van der Waals surface area contributed by atoms with Crippen LogP contribution in [0.1, 0.15) is 37.1 Å². The molecule has 1 aliphatic heterocycles. The predicted molar refractivity (Wildman–Crippen MR) is 100 cm³/mol. The van der Waals surface area contributed by atoms with Crippen molar-refractivity contribution in [2.24, 2.45) is 0 Å². The lowest BCUT2D eigenvalue weighted by Crippen LogP contribution is -2.26. The van der Waals surface area contributed by atoms with Crippen molar-refractivity contribution in [3.8, 4) is 11.5 Å². The molecule has 1 aromatic carbocycles. The molecular weight excluding hydrogens is 346 g/mol. The third kappa shape index (κ3) is 6.45. The number of rotatable bonds is 10. The van der Waals surface area contributed by atoms with E-state index in [4.69, 9.17) is 13.9 Å². The van der Waals surface area contributed by atoms with Crippen LogP contribution < -0.4 is 5.32 Å². The number of nitrogens with zero attached hydrogens (tertiary/aromatic N) is 2. The second-order valence-electron chi connectivity index (χ2n) is 6.78. The van der Waals surface area contributed by atoms with Crippen LogP contribution in [-0.2, 0) is 20.7 Å². The first kappa shape index (κ1) is 19.5. The van der Waals surface area contributed by atoms with E-state index in [-0.39, 0.29) is 12.0 Å². The maximum atomic E-state index is 11.9. The molecule has 7 heteroatoms. The maximum Gasteiger partial charge on any atom is 0.247 e. The number of carbonyl (C=O) groups excluding carboxylic acids is 1. The predicted octanol–water partition coefficient (Wildman–Crippen LogP) is 2.68. The second-order valence-corrected chi connectivity index (χ2v) is 6.78. The van der Waals surface area contributed by atoms with Crippen LogP contribution in [0.25, 0.3) is 11.5 Å². The summed E-state index contributed by atoms with van der Waals surface area (Å²) >= 11 is 0. The molecule has 1 amide bonds. The summed E-state index contributed by atoms with van der Waals surface area (Å²) in [5.41, 5.74) is 2.05. The van der Waals surface area contributed by atoms with Crippen molar-refractivity contribution in [1.82, 2.24) is 15.5 Å². The van der Waals surface area contributed by atoms with Crippen LogP contribution in [0.5, 0.6) is 0 Å². The van der Waals surface area contributed by atoms with E-state index >= 15 is 0 Å². The van der Waals surface area contributed by atoms with Crippen LogP contribution in [0.15, 0.2) is 28.7 Å². The third-order valence-electron chi connectivity index (χ3n) is 4.45. The molecule has 1 aliphatic rings. The molecule has 0 bridgehead atoms. The van der Waals surface area contributed by atoms with Gasteiger partial charge in [-0.2, -0.15) is 0 Å². The van der Waals surface area contributed by atoms with Gasteiger partial charge in [0.15, 0.2) is 0 Å². The number of hydrogen-bond acceptors (Lipinski definition) is 6. The van der Waals surface area contributed by atoms with Crippen LogP contribution in [0.4, 0.5) is 0 Å². The van der Waals surface area contributed by atoms with E-state index in [1.807, 2.05) is 31.2 Å². The van der Waals surface area contributed by atoms with Gasteiger partial charge in [0.1, 0.15) is 0 Å². The van der Waals surface area contributed by atoms with Crippen LogP contribution >= 0.6 is 0 Å². The van der Waals surface area contributed by atoms with Gasteiger partial charge in [-0.3, -0.25) is 4.79 Å². The average molecular weight is 373 g/mol. The van der Waals surface area contributed by atoms with Gasteiger partial charge in [-0.25, -0.2) is 0 Å². The van der Waals surface area contributed by atoms with Gasteiger partial charge in [0.2, 0.25) is 17.7 Å². The lowest BCUT2D eigenvalue weighted by atomic mass is 10.1. The maximum absolute atomic E-state index is 11.9. The van der Waals surface area contributed by atoms with Gasteiger partial charge in [0, 0.05) is 38.2 Å². The zero-order valence-corrected chi connectivity index (χ0v) is 15.8. The second kappa shape index (κ2) is 10.2. The number of aryl methyl sites for hydroxylation is 2. The number of benzene rings is 1. The zero-order chi connectivity index (χ0) is 18.9. The smallest absolute Gasteiger partial charge is 0.247 e. The average Bonchev–Trinajstić information content (AvgIpc) is 3.35. The zero-order valence-electron chi connectivity index (χ0n) is 15.8. The van der Waals surface area contributed by atoms with Gasteiger partial charge in [0.05, 0.1) is 12.7 Å². The molecule has 1 unspecified atom stereocenters. The van der Waals surface area contributed by atoms with Gasteiger partial charge < -0.3 is 19.2 Å². The van der Waals surface area contributed by atoms with Gasteiger partial charge in [-0.15, -0.1) is 10.2 Å². The summed E-state index contributed by atoms with van der Waals surface area (Å²) in [5, 5.41) is 11.0. The number of carbonyl (C=O) groups is 1. The Hall–Kier alpha value is -2.25. The highest BCUT2D eigenvalue weighted by Crippen LogP contribution is 2.18. The van der Waals surface area contributed by atoms with Gasteiger partial charge in [0.25, 0.3) is 0 Å². The molecule has 7 nitrogen and oxygen atoms in total. The van der Waals surface area contributed by atoms with E-state index in [1.54, 1.807) is 0 Å². The summed E-state index contributed by atoms with van der Waals surface area (Å²) in [7, 11) is 0. The summed E-state index contributed by atoms with van der Waals surface area (Å²) in [4.78, 5) is 11.9. The quantitative estimate of drug-likeness (QED) is 0.645. The molecule has 3 rings (SSSR count). The summed E-state index contributed by atoms with van der Waals surface area (Å²) < 4.78 is 16.7. The first-order valence-electron chi connectivity index (χ1n) is 9.56. The fourth-order valence-electron chi connectivity index (χ4n) is 2.87. The van der Waals surface area contributed by atoms with E-state index in [1.165, 1.54) is 5.56 Å². The number of ether oxygens (including phenoxy) is 2. The molecule has 2 aromatic rings. The minimum absolute atomic E-state index is 0.0239. The monoisotopic (exact) mass is 373 g/mol. The SMILES string of the molecule is Cc1ccc(-c2nnc(CCC(=O)NCCCOCC3CCCO3)o2)cc1. The molecule has 1 aromatic heterocycles. The Balaban J connectivity index is 1.28. The highest BCUT2D eigenvalue weighted by Gasteiger charge is 2.15. The Bertz CT molecular complexity index is 708. The Morgan fingerprint density at radius 2 is 2.15 bits per heavy atom. The van der Waals surface area contributed by atoms with Crippen molar-refractivity contribution in [2.75, 3.05) is 26.4 Å². The molecular formula is C20H27N3O4. The number of aromatic nitrogens is 2. The van der Waals surface area contributed by atoms with Gasteiger partial charge in [-0.1, -0.05) is 17.7 Å². The lowest BCUT2D eigenvalue weighted by Gasteiger charge is -2.10. The molecule has 1 N–H and O–H groups in total. The van der Waals surface area contributed by atoms with Gasteiger partial charge >= 0.3 is 0 Å². The largest absolute Gasteiger partial charge is 0.421 e. The summed E-state index contributed by atoms with van der Waals surface area (Å²) in [6.45, 7) is 4.75. The standard InChI is InChI=1S/C20H27N3O4/c1-15-5-7-16(8-6-15)20-23-22-19(27-20)10-9-18(24)21-11-3-12-25-14-17-4-2-13-26-17/h5-8,17H,2-4,9-14H2,1H3,(H,21,24). The van der Waals surface area contributed by atoms with E-state index in [2.05, 4.69) is 15.5 Å². The first-order chi connectivity index (χ1) is 13.2. The Kier molecular flexibility index (Phi) is 7.36. The molecule has 0 spiro atoms. The summed E-state index contributed by atoms with van der Waals surface area (Å²) in [5.74, 6) is 0.929. The van der Waals surface area contributed by atoms with Crippen molar-refractivity contribution < 1.29 is 18.7 Å². The molecule has 1 fully saturated rings. The molecule has 1 saturated heterocycles. The van der Waals surface area contributed by atoms with Crippen LogP contribution in [-0.4, -0.2) is 48.6 Å². The molecule has 0 saturated carbocycles. The fraction of sp³-hybridized carbons (Fsp3) is 0.550. The van der Waals surface area contributed by atoms with E-state index < -0.39 is 0 Å². The summed E-state index contributed by atoms with van der Waals surface area (Å²) in [6.07, 6.45) is 4.00. The van der Waals surface area contributed by atoms with E-state index in [0.717, 1.165) is 31.4 Å². The fourth-order valence-corrected chi connectivity index (χ4v) is 2.87. The van der Waals surface area contributed by atoms with Crippen LogP contribution in [0, 0.1) is 6.92 Å². The van der Waals surface area contributed by atoms with Gasteiger partial charge in [-0.05, 0) is 38.3 Å². The number of nitrogens with one attached hydrogen (secondary N) is 1. The minimum atomic E-state index is -0.0239. The van der Waals surface area contributed by atoms with E-state index in [9.17, 15) is 4.79 Å². The highest BCUT2D eigenvalue weighted by atomic mass is 16.5. The molecule has 2 heterocycles. The molecule has 1 atom stereocenters. The minimum Gasteiger partial charge on any atom is -0.421 e. The third-order valence-corrected chi connectivity index (χ3v) is 4.45. The van der Waals surface area contributed by atoms with Crippen molar-refractivity contribution >= 4 is 5.91 Å². The van der Waals surface area contributed by atoms with Crippen molar-refractivity contribution in [3.63, 3.8) is 0 Å². The first-order valence-corrected chi connectivity index (χ1v) is 9.56. The number of amides is 1. The van der Waals surface area contributed by atoms with Crippen molar-refractivity contribution in [1.29, 1.82) is 0 Å². The summed E-state index contributed by atoms with van der Waals surface area (Å²) in [6, 6.07) is 7.88. The van der Waals surface area contributed by atoms with Crippen LogP contribution in [0.3, 0.4) is 0 Å². The van der Waals surface area contributed by atoms with Crippen molar-refractivity contribution in [3.05, 3.63) is 35.7 Å². The molecule has 0 aliphatic carbocycles. The molecule has 27 heavy (non-hydrogen) atoms. The topological polar surface area (TPSA) is 86.5 Å². The Morgan fingerprint density at radius 3 is 2.93 bits per heavy atom. The lowest BCUT2D eigenvalue weighted by molar-refractivity contribution is -0.121. The van der Waals surface area contributed by atoms with E-state index in [0.29, 0.717) is 44.4 Å². The van der Waals surface area contributed by atoms with Crippen molar-refractivity contribution in [2.45, 2.75) is 45.1 Å². The Labute approximate surface area is 159 Å². The highest BCUT2D eigenvalue weighted by molar-refractivity contribution is 5.75. The van der Waals surface area contributed by atoms with Crippen LogP contribution in [0.2, 0.25) is 0 Å². The normalized spacial score (nSPS) is 16.6. The molecule has 0 radical (unpaired) electrons.